The van der Waals surface area contributed by atoms with Crippen molar-refractivity contribution in [2.45, 2.75) is 13.0 Å². The molecule has 0 radical (unpaired) electrons. The molecule has 0 saturated carbocycles. The molecule has 1 aliphatic heterocycles. The lowest BCUT2D eigenvalue weighted by Crippen LogP contribution is -2.49. The summed E-state index contributed by atoms with van der Waals surface area (Å²) in [6.07, 6.45) is 1.81. The van der Waals surface area contributed by atoms with Crippen LogP contribution in [-0.2, 0) is 11.3 Å². The molecule has 4 aromatic rings. The standard InChI is InChI=1S/C23H20Cl2N4O2S/c24-16-5-3-6-17(20(16)25)27-10-12-28(13-11-27)19(30)8-9-29-14-26-21-15-4-1-2-7-18(15)32-22(21)23(29)31/h1-7,14H,8-13H2. The molecule has 0 unspecified atom stereocenters. The first-order valence-electron chi connectivity index (χ1n) is 10.4. The van der Waals surface area contributed by atoms with Crippen molar-refractivity contribution in [2.75, 3.05) is 31.1 Å². The Morgan fingerprint density at radius 2 is 1.81 bits per heavy atom. The number of piperazine rings is 1. The van der Waals surface area contributed by atoms with E-state index in [0.29, 0.717) is 47.5 Å². The molecule has 1 fully saturated rings. The lowest BCUT2D eigenvalue weighted by molar-refractivity contribution is -0.131. The Hall–Kier alpha value is -2.61. The maximum absolute atomic E-state index is 12.9. The van der Waals surface area contributed by atoms with E-state index in [1.54, 1.807) is 12.4 Å². The van der Waals surface area contributed by atoms with Gasteiger partial charge in [-0.2, -0.15) is 0 Å². The van der Waals surface area contributed by atoms with Crippen LogP contribution in [0.2, 0.25) is 10.0 Å². The highest BCUT2D eigenvalue weighted by molar-refractivity contribution is 7.25. The first kappa shape index (κ1) is 21.2. The van der Waals surface area contributed by atoms with Gasteiger partial charge >= 0.3 is 0 Å². The van der Waals surface area contributed by atoms with E-state index in [1.165, 1.54) is 15.9 Å². The third-order valence-electron chi connectivity index (χ3n) is 5.82. The molecule has 0 atom stereocenters. The van der Waals surface area contributed by atoms with Gasteiger partial charge in [-0.3, -0.25) is 14.2 Å². The summed E-state index contributed by atoms with van der Waals surface area (Å²) in [5, 5.41) is 2.06. The summed E-state index contributed by atoms with van der Waals surface area (Å²) in [6, 6.07) is 13.4. The van der Waals surface area contributed by atoms with Gasteiger partial charge in [-0.05, 0) is 18.2 Å². The highest BCUT2D eigenvalue weighted by atomic mass is 35.5. The molecular weight excluding hydrogens is 467 g/mol. The third kappa shape index (κ3) is 3.85. The van der Waals surface area contributed by atoms with Gasteiger partial charge in [0.25, 0.3) is 5.56 Å². The second-order valence-electron chi connectivity index (χ2n) is 7.71. The summed E-state index contributed by atoms with van der Waals surface area (Å²) in [5.41, 5.74) is 1.53. The zero-order valence-corrected chi connectivity index (χ0v) is 19.5. The van der Waals surface area contributed by atoms with Gasteiger partial charge in [0.05, 0.1) is 27.6 Å². The third-order valence-corrected chi connectivity index (χ3v) is 7.78. The highest BCUT2D eigenvalue weighted by Gasteiger charge is 2.23. The van der Waals surface area contributed by atoms with Crippen LogP contribution >= 0.6 is 34.5 Å². The molecule has 32 heavy (non-hydrogen) atoms. The smallest absolute Gasteiger partial charge is 0.271 e. The highest BCUT2D eigenvalue weighted by Crippen LogP contribution is 2.33. The largest absolute Gasteiger partial charge is 0.367 e. The van der Waals surface area contributed by atoms with Crippen LogP contribution in [0, 0.1) is 0 Å². The van der Waals surface area contributed by atoms with Crippen molar-refractivity contribution in [1.29, 1.82) is 0 Å². The van der Waals surface area contributed by atoms with E-state index in [9.17, 15) is 9.59 Å². The minimum Gasteiger partial charge on any atom is -0.367 e. The molecule has 1 aliphatic rings. The van der Waals surface area contributed by atoms with E-state index < -0.39 is 0 Å². The van der Waals surface area contributed by atoms with Gasteiger partial charge in [-0.25, -0.2) is 4.98 Å². The SMILES string of the molecule is O=C(CCn1cnc2c(sc3ccccc32)c1=O)N1CCN(c2cccc(Cl)c2Cl)CC1. The Morgan fingerprint density at radius 1 is 1.03 bits per heavy atom. The molecule has 0 N–H and O–H groups in total. The summed E-state index contributed by atoms with van der Waals surface area (Å²) < 4.78 is 3.21. The van der Waals surface area contributed by atoms with Crippen molar-refractivity contribution < 1.29 is 4.79 Å². The van der Waals surface area contributed by atoms with E-state index in [-0.39, 0.29) is 17.9 Å². The number of halogens is 2. The zero-order chi connectivity index (χ0) is 22.2. The lowest BCUT2D eigenvalue weighted by Gasteiger charge is -2.36. The van der Waals surface area contributed by atoms with Gasteiger partial charge < -0.3 is 9.80 Å². The molecule has 1 amide bonds. The molecule has 0 bridgehead atoms. The van der Waals surface area contributed by atoms with Crippen LogP contribution in [0.1, 0.15) is 6.42 Å². The summed E-state index contributed by atoms with van der Waals surface area (Å²) in [6.45, 7) is 2.88. The van der Waals surface area contributed by atoms with Crippen molar-refractivity contribution in [3.05, 3.63) is 69.2 Å². The van der Waals surface area contributed by atoms with Gasteiger partial charge in [0.2, 0.25) is 5.91 Å². The van der Waals surface area contributed by atoms with E-state index in [2.05, 4.69) is 9.88 Å². The minimum absolute atomic E-state index is 0.0326. The van der Waals surface area contributed by atoms with Crippen LogP contribution in [0.4, 0.5) is 5.69 Å². The fourth-order valence-corrected chi connectivity index (χ4v) is 5.60. The first-order valence-corrected chi connectivity index (χ1v) is 11.9. The number of aryl methyl sites for hydroxylation is 1. The number of hydrogen-bond acceptors (Lipinski definition) is 5. The monoisotopic (exact) mass is 486 g/mol. The lowest BCUT2D eigenvalue weighted by atomic mass is 10.2. The number of carbonyl (C=O) groups is 1. The van der Waals surface area contributed by atoms with Crippen molar-refractivity contribution in [3.63, 3.8) is 0 Å². The molecular formula is C23H20Cl2N4O2S. The fraction of sp³-hybridized carbons (Fsp3) is 0.261. The molecule has 1 saturated heterocycles. The molecule has 5 rings (SSSR count). The van der Waals surface area contributed by atoms with Crippen molar-refractivity contribution in [2.24, 2.45) is 0 Å². The van der Waals surface area contributed by atoms with Crippen LogP contribution in [0.15, 0.2) is 53.6 Å². The summed E-state index contributed by atoms with van der Waals surface area (Å²) in [4.78, 5) is 34.2. The van der Waals surface area contributed by atoms with Crippen molar-refractivity contribution in [1.82, 2.24) is 14.5 Å². The number of aromatic nitrogens is 2. The molecule has 0 spiro atoms. The normalized spacial score (nSPS) is 14.4. The number of hydrogen-bond donors (Lipinski definition) is 0. The van der Waals surface area contributed by atoms with Crippen LogP contribution in [-0.4, -0.2) is 46.5 Å². The predicted molar refractivity (Wildman–Crippen MR) is 131 cm³/mol. The number of anilines is 1. The number of fused-ring (bicyclic) bond motifs is 3. The van der Waals surface area contributed by atoms with Gasteiger partial charge in [-0.1, -0.05) is 47.5 Å². The Morgan fingerprint density at radius 3 is 2.62 bits per heavy atom. The average molecular weight is 487 g/mol. The number of benzene rings is 2. The quantitative estimate of drug-likeness (QED) is 0.420. The first-order chi connectivity index (χ1) is 15.5. The predicted octanol–water partition coefficient (Wildman–Crippen LogP) is 4.66. The summed E-state index contributed by atoms with van der Waals surface area (Å²) >= 11 is 13.9. The number of nitrogens with zero attached hydrogens (tertiary/aromatic N) is 4. The van der Waals surface area contributed by atoms with Gasteiger partial charge in [0.1, 0.15) is 4.70 Å². The number of carbonyl (C=O) groups excluding carboxylic acids is 1. The molecule has 164 valence electrons. The zero-order valence-electron chi connectivity index (χ0n) is 17.1. The van der Waals surface area contributed by atoms with Gasteiger partial charge in [-0.15, -0.1) is 11.3 Å². The molecule has 2 aromatic heterocycles. The van der Waals surface area contributed by atoms with Crippen LogP contribution in [0.25, 0.3) is 20.3 Å². The summed E-state index contributed by atoms with van der Waals surface area (Å²) in [7, 11) is 0. The van der Waals surface area contributed by atoms with Gasteiger partial charge in [0, 0.05) is 49.2 Å². The Labute approximate surface area is 198 Å². The molecule has 0 aliphatic carbocycles. The van der Waals surface area contributed by atoms with Crippen LogP contribution < -0.4 is 10.5 Å². The molecule has 6 nitrogen and oxygen atoms in total. The molecule has 9 heteroatoms. The van der Waals surface area contributed by atoms with Gasteiger partial charge in [0.15, 0.2) is 0 Å². The Bertz CT molecular complexity index is 1380. The second kappa shape index (κ2) is 8.73. The maximum Gasteiger partial charge on any atom is 0.271 e. The maximum atomic E-state index is 12.9. The Balaban J connectivity index is 1.24. The number of thiophene rings is 1. The minimum atomic E-state index is -0.0931. The van der Waals surface area contributed by atoms with Crippen molar-refractivity contribution >= 4 is 66.4 Å². The molecule has 3 heterocycles. The molecule has 2 aromatic carbocycles. The van der Waals surface area contributed by atoms with Crippen LogP contribution in [0.5, 0.6) is 0 Å². The number of rotatable bonds is 4. The fourth-order valence-electron chi connectivity index (χ4n) is 4.08. The van der Waals surface area contributed by atoms with E-state index in [4.69, 9.17) is 23.2 Å². The van der Waals surface area contributed by atoms with E-state index in [1.807, 2.05) is 41.3 Å². The Kier molecular flexibility index (Phi) is 5.80. The average Bonchev–Trinajstić information content (AvgIpc) is 3.20. The van der Waals surface area contributed by atoms with E-state index >= 15 is 0 Å². The number of amides is 1. The van der Waals surface area contributed by atoms with Crippen molar-refractivity contribution in [3.8, 4) is 0 Å². The second-order valence-corrected chi connectivity index (χ2v) is 9.55. The summed E-state index contributed by atoms with van der Waals surface area (Å²) in [5.74, 6) is 0.0326. The van der Waals surface area contributed by atoms with E-state index in [0.717, 1.165) is 21.3 Å². The van der Waals surface area contributed by atoms with Crippen LogP contribution in [0.3, 0.4) is 0 Å². The topological polar surface area (TPSA) is 58.4 Å².